The molecule has 0 spiro atoms. The van der Waals surface area contributed by atoms with E-state index >= 15 is 0 Å². The lowest BCUT2D eigenvalue weighted by Gasteiger charge is -2.21. The van der Waals surface area contributed by atoms with E-state index in [-0.39, 0.29) is 11.4 Å². The minimum Gasteiger partial charge on any atom is -0.389 e. The van der Waals surface area contributed by atoms with Crippen molar-refractivity contribution in [3.05, 3.63) is 29.6 Å². The van der Waals surface area contributed by atoms with Crippen molar-refractivity contribution in [2.24, 2.45) is 0 Å². The molecule has 0 aliphatic carbocycles. The first-order valence-electron chi connectivity index (χ1n) is 5.66. The molecule has 0 amide bonds. The average Bonchev–Trinajstić information content (AvgIpc) is 2.26. The van der Waals surface area contributed by atoms with Crippen LogP contribution in [0.4, 0.5) is 4.39 Å². The van der Waals surface area contributed by atoms with Crippen molar-refractivity contribution in [1.29, 1.82) is 0 Å². The molecule has 1 aromatic carbocycles. The van der Waals surface area contributed by atoms with Gasteiger partial charge in [0, 0.05) is 6.54 Å². The van der Waals surface area contributed by atoms with Gasteiger partial charge in [0.2, 0.25) is 10.0 Å². The summed E-state index contributed by atoms with van der Waals surface area (Å²) in [5.41, 5.74) is -0.764. The molecule has 0 saturated carbocycles. The lowest BCUT2D eigenvalue weighted by atomic mass is 10.1. The molecule has 4 nitrogen and oxygen atoms in total. The molecule has 6 heteroatoms. The van der Waals surface area contributed by atoms with Crippen molar-refractivity contribution in [2.75, 3.05) is 6.54 Å². The molecule has 0 radical (unpaired) electrons. The predicted molar refractivity (Wildman–Crippen MR) is 67.2 cm³/mol. The van der Waals surface area contributed by atoms with E-state index in [2.05, 4.69) is 4.72 Å². The number of rotatable bonds is 5. The van der Waals surface area contributed by atoms with Gasteiger partial charge in [0.15, 0.2) is 0 Å². The maximum absolute atomic E-state index is 12.9. The Balaban J connectivity index is 2.94. The molecule has 0 saturated heterocycles. The number of aliphatic hydroxyl groups is 1. The van der Waals surface area contributed by atoms with Crippen molar-refractivity contribution >= 4 is 10.0 Å². The minimum absolute atomic E-state index is 0.0239. The van der Waals surface area contributed by atoms with E-state index in [0.29, 0.717) is 12.0 Å². The number of sulfonamides is 1. The highest BCUT2D eigenvalue weighted by Gasteiger charge is 2.23. The normalized spacial score (nSPS) is 15.4. The number of hydrogen-bond donors (Lipinski definition) is 2. The van der Waals surface area contributed by atoms with Crippen LogP contribution < -0.4 is 4.72 Å². The molecule has 0 aromatic heterocycles. The fourth-order valence-corrected chi connectivity index (χ4v) is 2.75. The molecule has 0 heterocycles. The summed E-state index contributed by atoms with van der Waals surface area (Å²) < 4.78 is 39.2. The van der Waals surface area contributed by atoms with Gasteiger partial charge in [-0.3, -0.25) is 0 Å². The van der Waals surface area contributed by atoms with Gasteiger partial charge in [-0.25, -0.2) is 17.5 Å². The van der Waals surface area contributed by atoms with Crippen LogP contribution in [-0.4, -0.2) is 25.7 Å². The van der Waals surface area contributed by atoms with Gasteiger partial charge in [-0.15, -0.1) is 0 Å². The third-order valence-electron chi connectivity index (χ3n) is 2.83. The van der Waals surface area contributed by atoms with E-state index in [1.165, 1.54) is 13.0 Å². The summed E-state index contributed by atoms with van der Waals surface area (Å²) in [6.45, 7) is 4.75. The molecule has 1 unspecified atom stereocenters. The van der Waals surface area contributed by atoms with Crippen LogP contribution in [0.25, 0.3) is 0 Å². The maximum atomic E-state index is 12.9. The van der Waals surface area contributed by atoms with Crippen LogP contribution >= 0.6 is 0 Å². The highest BCUT2D eigenvalue weighted by molar-refractivity contribution is 7.89. The Labute approximate surface area is 107 Å². The van der Waals surface area contributed by atoms with Crippen molar-refractivity contribution in [1.82, 2.24) is 4.72 Å². The van der Waals surface area contributed by atoms with Crippen LogP contribution in [-0.2, 0) is 10.0 Å². The second-order valence-corrected chi connectivity index (χ2v) is 6.32. The quantitative estimate of drug-likeness (QED) is 0.857. The van der Waals surface area contributed by atoms with Gasteiger partial charge in [-0.05, 0) is 44.0 Å². The summed E-state index contributed by atoms with van der Waals surface area (Å²) in [6.07, 6.45) is 0.428. The van der Waals surface area contributed by atoms with Crippen molar-refractivity contribution in [3.63, 3.8) is 0 Å². The smallest absolute Gasteiger partial charge is 0.240 e. The summed E-state index contributed by atoms with van der Waals surface area (Å²) in [5.74, 6) is -0.480. The third-order valence-corrected chi connectivity index (χ3v) is 4.39. The van der Waals surface area contributed by atoms with E-state index < -0.39 is 21.4 Å². The Morgan fingerprint density at radius 1 is 1.44 bits per heavy atom. The fraction of sp³-hybridized carbons (Fsp3) is 0.500. The number of halogens is 1. The van der Waals surface area contributed by atoms with Crippen LogP contribution in [0.5, 0.6) is 0 Å². The minimum atomic E-state index is -3.73. The van der Waals surface area contributed by atoms with Gasteiger partial charge in [0.1, 0.15) is 5.82 Å². The van der Waals surface area contributed by atoms with Gasteiger partial charge in [0.05, 0.1) is 10.5 Å². The molecule has 2 N–H and O–H groups in total. The van der Waals surface area contributed by atoms with Crippen LogP contribution in [0.15, 0.2) is 23.1 Å². The van der Waals surface area contributed by atoms with Crippen molar-refractivity contribution in [2.45, 2.75) is 37.7 Å². The third kappa shape index (κ3) is 3.76. The number of nitrogens with one attached hydrogen (secondary N) is 1. The molecule has 1 atom stereocenters. The maximum Gasteiger partial charge on any atom is 0.240 e. The molecule has 1 aromatic rings. The number of hydrogen-bond acceptors (Lipinski definition) is 3. The Morgan fingerprint density at radius 2 is 2.06 bits per heavy atom. The second kappa shape index (κ2) is 5.34. The Bertz CT molecular complexity index is 526. The first-order chi connectivity index (χ1) is 8.18. The highest BCUT2D eigenvalue weighted by Crippen LogP contribution is 2.17. The van der Waals surface area contributed by atoms with Crippen LogP contribution in [0.2, 0.25) is 0 Å². The monoisotopic (exact) mass is 275 g/mol. The second-order valence-electron chi connectivity index (χ2n) is 4.58. The molecule has 102 valence electrons. The summed E-state index contributed by atoms with van der Waals surface area (Å²) in [6, 6.07) is 3.47. The van der Waals surface area contributed by atoms with Crippen LogP contribution in [0.1, 0.15) is 25.8 Å². The lowest BCUT2D eigenvalue weighted by Crippen LogP contribution is -2.40. The molecule has 0 aliphatic heterocycles. The molecule has 18 heavy (non-hydrogen) atoms. The van der Waals surface area contributed by atoms with E-state index in [4.69, 9.17) is 0 Å². The largest absolute Gasteiger partial charge is 0.389 e. The highest BCUT2D eigenvalue weighted by atomic mass is 32.2. The standard InChI is InChI=1S/C12H18FNO3S/c1-4-12(3,15)8-14-18(16,17)11-6-5-10(13)7-9(11)2/h5-7,14-15H,4,8H2,1-3H3. The molecule has 0 bridgehead atoms. The van der Waals surface area contributed by atoms with Crippen LogP contribution in [0.3, 0.4) is 0 Å². The Kier molecular flexibility index (Phi) is 4.47. The first kappa shape index (κ1) is 15.1. The van der Waals surface area contributed by atoms with E-state index in [1.807, 2.05) is 0 Å². The lowest BCUT2D eigenvalue weighted by molar-refractivity contribution is 0.0613. The predicted octanol–water partition coefficient (Wildman–Crippen LogP) is 1.57. The zero-order chi connectivity index (χ0) is 14.0. The average molecular weight is 275 g/mol. The Morgan fingerprint density at radius 3 is 2.56 bits per heavy atom. The number of benzene rings is 1. The number of aryl methyl sites for hydroxylation is 1. The SMILES string of the molecule is CCC(C)(O)CNS(=O)(=O)c1ccc(F)cc1C. The topological polar surface area (TPSA) is 66.4 Å². The van der Waals surface area contributed by atoms with Gasteiger partial charge in [-0.1, -0.05) is 6.92 Å². The fourth-order valence-electron chi connectivity index (χ4n) is 1.37. The zero-order valence-electron chi connectivity index (χ0n) is 10.7. The van der Waals surface area contributed by atoms with Gasteiger partial charge in [-0.2, -0.15) is 0 Å². The van der Waals surface area contributed by atoms with Gasteiger partial charge < -0.3 is 5.11 Å². The Hall–Kier alpha value is -0.980. The first-order valence-corrected chi connectivity index (χ1v) is 7.14. The van der Waals surface area contributed by atoms with Crippen molar-refractivity contribution < 1.29 is 17.9 Å². The summed E-state index contributed by atoms with van der Waals surface area (Å²) in [4.78, 5) is 0.0239. The summed E-state index contributed by atoms with van der Waals surface area (Å²) >= 11 is 0. The van der Waals surface area contributed by atoms with Gasteiger partial charge >= 0.3 is 0 Å². The van der Waals surface area contributed by atoms with Gasteiger partial charge in [0.25, 0.3) is 0 Å². The molecular formula is C12H18FNO3S. The molecule has 1 rings (SSSR count). The molecule has 0 fully saturated rings. The van der Waals surface area contributed by atoms with E-state index in [9.17, 15) is 17.9 Å². The molecular weight excluding hydrogens is 257 g/mol. The zero-order valence-corrected chi connectivity index (χ0v) is 11.5. The van der Waals surface area contributed by atoms with Crippen LogP contribution in [0, 0.1) is 12.7 Å². The van der Waals surface area contributed by atoms with E-state index in [1.54, 1.807) is 13.8 Å². The summed E-state index contributed by atoms with van der Waals surface area (Å²) in [7, 11) is -3.73. The van der Waals surface area contributed by atoms with E-state index in [0.717, 1.165) is 12.1 Å². The summed E-state index contributed by atoms with van der Waals surface area (Å²) in [5, 5.41) is 9.76. The van der Waals surface area contributed by atoms with Crippen molar-refractivity contribution in [3.8, 4) is 0 Å². The molecule has 0 aliphatic rings.